The Morgan fingerprint density at radius 1 is 1.20 bits per heavy atom. The van der Waals surface area contributed by atoms with Crippen LogP contribution in [0, 0.1) is 6.92 Å². The maximum absolute atomic E-state index is 12.3. The van der Waals surface area contributed by atoms with Gasteiger partial charge in [0.05, 0.1) is 0 Å². The minimum absolute atomic E-state index is 0.187. The molecular formula is C20H26N4O. The van der Waals surface area contributed by atoms with E-state index in [1.807, 2.05) is 37.3 Å². The third-order valence-electron chi connectivity index (χ3n) is 4.98. The fourth-order valence-corrected chi connectivity index (χ4v) is 3.40. The molecule has 0 saturated carbocycles. The molecule has 0 aliphatic carbocycles. The normalized spacial score (nSPS) is 17.4. The zero-order valence-corrected chi connectivity index (χ0v) is 15.0. The predicted octanol–water partition coefficient (Wildman–Crippen LogP) is 3.48. The molecule has 3 rings (SSSR count). The van der Waals surface area contributed by atoms with Crippen molar-refractivity contribution in [2.45, 2.75) is 52.1 Å². The number of benzene rings is 1. The fourth-order valence-electron chi connectivity index (χ4n) is 3.40. The highest BCUT2D eigenvalue weighted by Gasteiger charge is 2.22. The van der Waals surface area contributed by atoms with Crippen LogP contribution in [0.5, 0.6) is 0 Å². The maximum Gasteiger partial charge on any atom is 0.272 e. The van der Waals surface area contributed by atoms with Crippen LogP contribution < -0.4 is 10.2 Å². The first-order chi connectivity index (χ1) is 12.2. The lowest BCUT2D eigenvalue weighted by molar-refractivity contribution is 0.0945. The number of carbonyl (C=O) groups is 1. The van der Waals surface area contributed by atoms with Crippen molar-refractivity contribution in [2.24, 2.45) is 0 Å². The summed E-state index contributed by atoms with van der Waals surface area (Å²) in [5, 5.41) is 11.4. The minimum Gasteiger partial charge on any atom is -0.352 e. The predicted molar refractivity (Wildman–Crippen MR) is 99.7 cm³/mol. The van der Waals surface area contributed by atoms with Crippen LogP contribution >= 0.6 is 0 Å². The van der Waals surface area contributed by atoms with E-state index in [0.717, 1.165) is 24.3 Å². The number of rotatable bonds is 5. The van der Waals surface area contributed by atoms with E-state index < -0.39 is 0 Å². The molecule has 5 heteroatoms. The number of hydrogen-bond donors (Lipinski definition) is 1. The Labute approximate surface area is 149 Å². The van der Waals surface area contributed by atoms with Gasteiger partial charge < -0.3 is 10.2 Å². The van der Waals surface area contributed by atoms with Gasteiger partial charge in [0.15, 0.2) is 11.5 Å². The van der Waals surface area contributed by atoms with Gasteiger partial charge in [-0.1, -0.05) is 31.2 Å². The smallest absolute Gasteiger partial charge is 0.272 e. The van der Waals surface area contributed by atoms with Gasteiger partial charge in [-0.15, -0.1) is 10.2 Å². The summed E-state index contributed by atoms with van der Waals surface area (Å²) in [6.07, 6.45) is 4.79. The fraction of sp³-hybridized carbons (Fsp3) is 0.450. The molecule has 1 aromatic carbocycles. The Kier molecular flexibility index (Phi) is 5.64. The van der Waals surface area contributed by atoms with Crippen molar-refractivity contribution in [3.8, 4) is 0 Å². The van der Waals surface area contributed by atoms with Gasteiger partial charge in [0.2, 0.25) is 0 Å². The zero-order valence-electron chi connectivity index (χ0n) is 15.0. The molecule has 1 N–H and O–H groups in total. The monoisotopic (exact) mass is 338 g/mol. The van der Waals surface area contributed by atoms with Crippen LogP contribution in [0.1, 0.15) is 54.2 Å². The van der Waals surface area contributed by atoms with Crippen molar-refractivity contribution in [3.05, 3.63) is 53.2 Å². The lowest BCUT2D eigenvalue weighted by Gasteiger charge is -2.35. The van der Waals surface area contributed by atoms with Gasteiger partial charge in [-0.05, 0) is 55.9 Å². The molecule has 132 valence electrons. The molecule has 0 spiro atoms. The van der Waals surface area contributed by atoms with Crippen LogP contribution in [0.15, 0.2) is 36.4 Å². The number of carbonyl (C=O) groups excluding carboxylic acids is 1. The summed E-state index contributed by atoms with van der Waals surface area (Å²) in [6.45, 7) is 5.77. The number of amides is 1. The Morgan fingerprint density at radius 3 is 2.76 bits per heavy atom. The molecule has 1 atom stereocenters. The number of piperidine rings is 1. The number of aromatic nitrogens is 2. The lowest BCUT2D eigenvalue weighted by atomic mass is 10.0. The first-order valence-electron chi connectivity index (χ1n) is 9.12. The van der Waals surface area contributed by atoms with E-state index in [-0.39, 0.29) is 5.91 Å². The van der Waals surface area contributed by atoms with Crippen LogP contribution in [-0.4, -0.2) is 28.7 Å². The molecule has 2 heterocycles. The van der Waals surface area contributed by atoms with Crippen molar-refractivity contribution < 1.29 is 4.79 Å². The summed E-state index contributed by atoms with van der Waals surface area (Å²) in [6, 6.07) is 12.3. The summed E-state index contributed by atoms with van der Waals surface area (Å²) in [7, 11) is 0. The van der Waals surface area contributed by atoms with Crippen LogP contribution in [0.3, 0.4) is 0 Å². The molecule has 2 aromatic rings. The van der Waals surface area contributed by atoms with Crippen molar-refractivity contribution in [3.63, 3.8) is 0 Å². The Morgan fingerprint density at radius 2 is 2.04 bits per heavy atom. The third-order valence-corrected chi connectivity index (χ3v) is 4.98. The van der Waals surface area contributed by atoms with Gasteiger partial charge in [-0.2, -0.15) is 0 Å². The molecule has 1 aromatic heterocycles. The van der Waals surface area contributed by atoms with Crippen molar-refractivity contribution >= 4 is 11.7 Å². The molecule has 1 fully saturated rings. The van der Waals surface area contributed by atoms with E-state index in [1.165, 1.54) is 24.8 Å². The van der Waals surface area contributed by atoms with E-state index in [1.54, 1.807) is 6.07 Å². The van der Waals surface area contributed by atoms with Crippen LogP contribution in [0.4, 0.5) is 5.82 Å². The second-order valence-electron chi connectivity index (χ2n) is 6.64. The first-order valence-corrected chi connectivity index (χ1v) is 9.12. The molecular weight excluding hydrogens is 312 g/mol. The Hall–Kier alpha value is -2.43. The third kappa shape index (κ3) is 4.16. The lowest BCUT2D eigenvalue weighted by Crippen LogP contribution is -2.39. The van der Waals surface area contributed by atoms with Crippen molar-refractivity contribution in [1.82, 2.24) is 15.5 Å². The summed E-state index contributed by atoms with van der Waals surface area (Å²) in [4.78, 5) is 14.6. The molecule has 25 heavy (non-hydrogen) atoms. The summed E-state index contributed by atoms with van der Waals surface area (Å²) in [5.74, 6) is 0.690. The minimum atomic E-state index is -0.187. The Bertz CT molecular complexity index is 714. The molecule has 0 radical (unpaired) electrons. The van der Waals surface area contributed by atoms with E-state index in [2.05, 4.69) is 27.3 Å². The highest BCUT2D eigenvalue weighted by atomic mass is 16.1. The van der Waals surface area contributed by atoms with Crippen LogP contribution in [0.2, 0.25) is 0 Å². The molecule has 1 saturated heterocycles. The number of nitrogens with zero attached hydrogens (tertiary/aromatic N) is 3. The topological polar surface area (TPSA) is 58.1 Å². The number of aryl methyl sites for hydroxylation is 1. The first kappa shape index (κ1) is 17.4. The van der Waals surface area contributed by atoms with E-state index in [4.69, 9.17) is 0 Å². The van der Waals surface area contributed by atoms with Gasteiger partial charge in [0.1, 0.15) is 0 Å². The molecule has 1 amide bonds. The van der Waals surface area contributed by atoms with E-state index in [9.17, 15) is 4.79 Å². The number of anilines is 1. The molecule has 0 bridgehead atoms. The number of nitrogens with one attached hydrogen (secondary N) is 1. The summed E-state index contributed by atoms with van der Waals surface area (Å²) < 4.78 is 0. The van der Waals surface area contributed by atoms with Gasteiger partial charge in [0, 0.05) is 19.1 Å². The highest BCUT2D eigenvalue weighted by molar-refractivity contribution is 5.92. The molecule has 5 nitrogen and oxygen atoms in total. The second kappa shape index (κ2) is 8.10. The standard InChI is InChI=1S/C20H26N4O/c1-3-17-10-6-7-13-24(17)19-12-11-18(22-23-19)20(25)21-14-16-9-5-4-8-15(16)2/h4-5,8-9,11-12,17H,3,6-7,10,13-14H2,1-2H3,(H,21,25). The highest BCUT2D eigenvalue weighted by Crippen LogP contribution is 2.24. The SMILES string of the molecule is CCC1CCCCN1c1ccc(C(=O)NCc2ccccc2C)nn1. The average molecular weight is 338 g/mol. The number of hydrogen-bond acceptors (Lipinski definition) is 4. The van der Waals surface area contributed by atoms with Gasteiger partial charge in [0.25, 0.3) is 5.91 Å². The van der Waals surface area contributed by atoms with Crippen molar-refractivity contribution in [2.75, 3.05) is 11.4 Å². The van der Waals surface area contributed by atoms with Crippen molar-refractivity contribution in [1.29, 1.82) is 0 Å². The van der Waals surface area contributed by atoms with E-state index in [0.29, 0.717) is 18.3 Å². The largest absolute Gasteiger partial charge is 0.352 e. The molecule has 1 aliphatic rings. The van der Waals surface area contributed by atoms with Gasteiger partial charge in [-0.25, -0.2) is 0 Å². The molecule has 1 aliphatic heterocycles. The maximum atomic E-state index is 12.3. The molecule has 1 unspecified atom stereocenters. The Balaban J connectivity index is 1.63. The second-order valence-corrected chi connectivity index (χ2v) is 6.64. The van der Waals surface area contributed by atoms with Gasteiger partial charge in [-0.3, -0.25) is 4.79 Å². The van der Waals surface area contributed by atoms with Crippen LogP contribution in [-0.2, 0) is 6.54 Å². The van der Waals surface area contributed by atoms with E-state index >= 15 is 0 Å². The van der Waals surface area contributed by atoms with Gasteiger partial charge >= 0.3 is 0 Å². The zero-order chi connectivity index (χ0) is 17.6. The summed E-state index contributed by atoms with van der Waals surface area (Å²) in [5.41, 5.74) is 2.64. The van der Waals surface area contributed by atoms with Crippen LogP contribution in [0.25, 0.3) is 0 Å². The summed E-state index contributed by atoms with van der Waals surface area (Å²) >= 11 is 0. The quantitative estimate of drug-likeness (QED) is 0.907. The average Bonchev–Trinajstić information content (AvgIpc) is 2.67.